The molecule has 0 fully saturated rings. The molecule has 0 bridgehead atoms. The molecule has 0 aliphatic carbocycles. The third-order valence-electron chi connectivity index (χ3n) is 0. The van der Waals surface area contributed by atoms with E-state index in [1.165, 1.54) is 0 Å². The van der Waals surface area contributed by atoms with Crippen LogP contribution in [0, 0.1) is 0 Å². The van der Waals surface area contributed by atoms with Crippen LogP contribution in [0.25, 0.3) is 0 Å². The third kappa shape index (κ3) is 143. The summed E-state index contributed by atoms with van der Waals surface area (Å²) in [7, 11) is 0. The first-order chi connectivity index (χ1) is 2.73. The first-order valence-electron chi connectivity index (χ1n) is 0.795. The zero-order valence-corrected chi connectivity index (χ0v) is 11.6. The molecule has 0 radical (unpaired) electrons. The van der Waals surface area contributed by atoms with Gasteiger partial charge in [-0.3, -0.25) is 0 Å². The summed E-state index contributed by atoms with van der Waals surface area (Å²) in [4.78, 5) is 8.33. The molecule has 0 aromatic heterocycles. The van der Waals surface area contributed by atoms with Crippen molar-refractivity contribution in [1.29, 1.82) is 0 Å². The molecule has 0 aliphatic heterocycles. The van der Waals surface area contributed by atoms with Crippen molar-refractivity contribution in [3.8, 4) is 0 Å². The number of carbonyl (C=O) groups excluding carboxylic acids is 1. The Morgan fingerprint density at radius 3 is 1.00 bits per heavy atom. The average molecular weight is 162 g/mol. The summed E-state index contributed by atoms with van der Waals surface area (Å²) >= 11 is 0. The van der Waals surface area contributed by atoms with Crippen molar-refractivity contribution in [2.24, 2.45) is 0 Å². The molecule has 0 amide bonds. The van der Waals surface area contributed by atoms with Crippen LogP contribution < -0.4 is 104 Å². The molecule has 0 rings (SSSR count). The van der Waals surface area contributed by atoms with Gasteiger partial charge in [0.1, 0.15) is 0 Å². The first kappa shape index (κ1) is 30.3. The largest absolute Gasteiger partial charge is 1.00 e. The van der Waals surface area contributed by atoms with Crippen LogP contribution in [-0.4, -0.2) is 11.4 Å². The summed E-state index contributed by atoms with van der Waals surface area (Å²) in [6, 6.07) is 0. The number of hydrogen-bond donors (Lipinski definition) is 1. The fourth-order valence-electron chi connectivity index (χ4n) is 0. The Kier molecular flexibility index (Phi) is 108. The van der Waals surface area contributed by atoms with E-state index in [1.807, 2.05) is 0 Å². The maximum atomic E-state index is 8.33. The molecular weight excluding hydrogens is 161 g/mol. The topological polar surface area (TPSA) is 106 Å². The molecule has 0 aliphatic rings. The van der Waals surface area contributed by atoms with Crippen molar-refractivity contribution in [1.82, 2.24) is 0 Å². The normalized spacial score (nSPS) is 3.33. The molecule has 9 heavy (non-hydrogen) atoms. The number of carbonyl (C=O) groups is 1. The van der Waals surface area contributed by atoms with Gasteiger partial charge in [0, 0.05) is 0 Å². The van der Waals surface area contributed by atoms with Crippen molar-refractivity contribution in [2.45, 2.75) is 0 Å². The van der Waals surface area contributed by atoms with Gasteiger partial charge in [-0.25, -0.2) is 0 Å². The Balaban J connectivity index is -0.00000000990. The minimum absolute atomic E-state index is 0. The van der Waals surface area contributed by atoms with Crippen LogP contribution in [0.5, 0.6) is 0 Å². The van der Waals surface area contributed by atoms with Gasteiger partial charge in [0.2, 0.25) is 0 Å². The Bertz CT molecular complexity index is 35.2. The van der Waals surface area contributed by atoms with Gasteiger partial charge >= 0.3 is 88.7 Å². The second-order valence-corrected chi connectivity index (χ2v) is 0.250. The number of hydrogen-bond acceptors (Lipinski definition) is 5. The van der Waals surface area contributed by atoms with E-state index in [0.717, 1.165) is 0 Å². The van der Waals surface area contributed by atoms with Gasteiger partial charge < -0.3 is 25.5 Å². The van der Waals surface area contributed by atoms with Gasteiger partial charge in [0.05, 0.1) is 0 Å². The van der Waals surface area contributed by atoms with E-state index >= 15 is 0 Å². The van der Waals surface area contributed by atoms with E-state index < -0.39 is 6.16 Å². The summed E-state index contributed by atoms with van der Waals surface area (Å²) in [5.74, 6) is 0. The molecule has 0 saturated carbocycles. The Labute approximate surface area is 118 Å². The molecule has 0 aromatic carbocycles. The molecule has 0 saturated heterocycles. The van der Waals surface area contributed by atoms with Gasteiger partial charge in [-0.15, -0.1) is 0 Å². The first-order valence-corrected chi connectivity index (χ1v) is 0.795. The molecule has 0 unspecified atom stereocenters. The van der Waals surface area contributed by atoms with Crippen LogP contribution in [0.4, 0.5) is 4.79 Å². The van der Waals surface area contributed by atoms with E-state index in [0.29, 0.717) is 0 Å². The minimum atomic E-state index is -2.33. The van der Waals surface area contributed by atoms with Crippen LogP contribution in [0.3, 0.4) is 0 Å². The summed E-state index contributed by atoms with van der Waals surface area (Å²) in [6.07, 6.45) is -2.33. The van der Waals surface area contributed by atoms with Gasteiger partial charge in [0.15, 0.2) is 0 Å². The van der Waals surface area contributed by atoms with Crippen molar-refractivity contribution in [3.63, 3.8) is 0 Å². The molecular formula is CHNa3O5. The van der Waals surface area contributed by atoms with Crippen LogP contribution in [0.15, 0.2) is 0 Å². The van der Waals surface area contributed by atoms with Gasteiger partial charge in [-0.05, 0) is 6.16 Å². The molecule has 0 spiro atoms. The monoisotopic (exact) mass is 162 g/mol. The summed E-state index contributed by atoms with van der Waals surface area (Å²) in [5.41, 5.74) is 0. The Hall–Kier alpha value is 2.19. The van der Waals surface area contributed by atoms with E-state index in [2.05, 4.69) is 0 Å². The maximum Gasteiger partial charge on any atom is 1.00 e. The summed E-state index contributed by atoms with van der Waals surface area (Å²) in [5, 5.41) is 29.7. The van der Waals surface area contributed by atoms with E-state index in [9.17, 15) is 0 Å². The third-order valence-corrected chi connectivity index (χ3v) is 0. The Morgan fingerprint density at radius 1 is 1.00 bits per heavy atom. The fraction of sp³-hybridized carbons (Fsp3) is 0. The predicted molar refractivity (Wildman–Crippen MR) is 8.02 cm³/mol. The second-order valence-electron chi connectivity index (χ2n) is 0.250. The van der Waals surface area contributed by atoms with Crippen molar-refractivity contribution in [2.75, 3.05) is 0 Å². The zero-order valence-electron chi connectivity index (χ0n) is 5.58. The fourth-order valence-corrected chi connectivity index (χ4v) is 0. The van der Waals surface area contributed by atoms with Crippen LogP contribution in [-0.2, 0) is 0 Å². The average Bonchev–Trinajstić information content (AvgIpc) is 1.41. The molecule has 1 N–H and O–H groups in total. The smallest absolute Gasteiger partial charge is 0.727 e. The molecule has 38 valence electrons. The SMILES string of the molecule is O=C([O-])[O-].[Na+].[Na+].[Na+].[O-]O. The molecule has 0 atom stereocenters. The van der Waals surface area contributed by atoms with Crippen molar-refractivity contribution >= 4 is 6.16 Å². The van der Waals surface area contributed by atoms with E-state index in [1.54, 1.807) is 0 Å². The maximum absolute atomic E-state index is 8.33. The molecule has 0 aromatic rings. The predicted octanol–water partition coefficient (Wildman–Crippen LogP) is -12.6. The zero-order chi connectivity index (χ0) is 5.58. The van der Waals surface area contributed by atoms with Crippen LogP contribution in [0.1, 0.15) is 0 Å². The van der Waals surface area contributed by atoms with Crippen molar-refractivity contribution in [3.05, 3.63) is 0 Å². The summed E-state index contributed by atoms with van der Waals surface area (Å²) in [6.45, 7) is 0. The van der Waals surface area contributed by atoms with Gasteiger partial charge in [-0.2, -0.15) is 0 Å². The molecule has 5 nitrogen and oxygen atoms in total. The minimum Gasteiger partial charge on any atom is -0.727 e. The molecule has 8 heteroatoms. The van der Waals surface area contributed by atoms with E-state index in [-0.39, 0.29) is 88.7 Å². The second kappa shape index (κ2) is 31.9. The summed E-state index contributed by atoms with van der Waals surface area (Å²) < 4.78 is 0. The van der Waals surface area contributed by atoms with Crippen LogP contribution >= 0.6 is 0 Å². The van der Waals surface area contributed by atoms with Crippen molar-refractivity contribution < 1.29 is 114 Å². The van der Waals surface area contributed by atoms with E-state index in [4.69, 9.17) is 25.5 Å². The quantitative estimate of drug-likeness (QED) is 0.216. The number of rotatable bonds is 0. The number of carboxylic acid groups (broad SMARTS) is 2. The van der Waals surface area contributed by atoms with Crippen LogP contribution in [0.2, 0.25) is 0 Å². The van der Waals surface area contributed by atoms with Gasteiger partial charge in [-0.1, -0.05) is 0 Å². The Morgan fingerprint density at radius 2 is 1.00 bits per heavy atom. The standard InChI is InChI=1S/CH2O3.3Na.H2O2/c2-1(3)4;;;;1-2/h(H2,2,3,4);;;;1-2H/q;3*+1;/p-3. The molecule has 0 heterocycles. The van der Waals surface area contributed by atoms with Gasteiger partial charge in [0.25, 0.3) is 0 Å².